The maximum absolute atomic E-state index is 12.7. The number of phosphoric acid groups is 1. The normalized spacial score (nSPS) is 15.0. The van der Waals surface area contributed by atoms with Gasteiger partial charge in [0.2, 0.25) is 5.91 Å². The van der Waals surface area contributed by atoms with E-state index in [-0.39, 0.29) is 25.7 Å². The zero-order chi connectivity index (χ0) is 36.1. The van der Waals surface area contributed by atoms with Crippen molar-refractivity contribution in [3.63, 3.8) is 0 Å². The van der Waals surface area contributed by atoms with Gasteiger partial charge in [-0.05, 0) is 57.8 Å². The van der Waals surface area contributed by atoms with E-state index in [1.807, 2.05) is 0 Å². The molecular weight excluding hydrogens is 635 g/mol. The number of hydrogen-bond donors (Lipinski definition) is 4. The van der Waals surface area contributed by atoms with Crippen molar-refractivity contribution < 1.29 is 28.4 Å². The highest BCUT2D eigenvalue weighted by Crippen LogP contribution is 2.43. The summed E-state index contributed by atoms with van der Waals surface area (Å²) in [7, 11) is -4.31. The van der Waals surface area contributed by atoms with E-state index in [0.29, 0.717) is 12.8 Å². The summed E-state index contributed by atoms with van der Waals surface area (Å²) in [6, 6.07) is -0.785. The van der Waals surface area contributed by atoms with Gasteiger partial charge in [0.25, 0.3) is 0 Å². The van der Waals surface area contributed by atoms with E-state index < -0.39 is 20.0 Å². The largest absolute Gasteiger partial charge is 0.472 e. The van der Waals surface area contributed by atoms with E-state index in [9.17, 15) is 19.4 Å². The Bertz CT molecular complexity index is 949. The average molecular weight is 709 g/mol. The Kier molecular flexibility index (Phi) is 34.7. The number of allylic oxidation sites excluding steroid dienone is 10. The molecule has 0 heterocycles. The molecule has 5 N–H and O–H groups in total. The first kappa shape index (κ1) is 47.2. The van der Waals surface area contributed by atoms with E-state index in [1.165, 1.54) is 38.5 Å². The lowest BCUT2D eigenvalue weighted by Gasteiger charge is -2.25. The van der Waals surface area contributed by atoms with Crippen molar-refractivity contribution in [2.45, 2.75) is 167 Å². The number of nitrogens with one attached hydrogen (secondary N) is 1. The van der Waals surface area contributed by atoms with Crippen LogP contribution in [0.3, 0.4) is 0 Å². The lowest BCUT2D eigenvalue weighted by molar-refractivity contribution is -0.123. The van der Waals surface area contributed by atoms with E-state index in [2.05, 4.69) is 79.9 Å². The van der Waals surface area contributed by atoms with Crippen LogP contribution in [0.25, 0.3) is 0 Å². The molecule has 3 atom stereocenters. The summed E-state index contributed by atoms with van der Waals surface area (Å²) in [5.41, 5.74) is 5.35. The summed E-state index contributed by atoms with van der Waals surface area (Å²) in [6.45, 7) is 4.03. The molecule has 1 amide bonds. The van der Waals surface area contributed by atoms with Crippen LogP contribution in [0.5, 0.6) is 0 Å². The minimum atomic E-state index is -4.31. The fourth-order valence-corrected chi connectivity index (χ4v) is 5.98. The van der Waals surface area contributed by atoms with Gasteiger partial charge in [-0.2, -0.15) is 0 Å². The monoisotopic (exact) mass is 709 g/mol. The summed E-state index contributed by atoms with van der Waals surface area (Å²) in [5, 5.41) is 13.7. The minimum absolute atomic E-state index is 0.0820. The van der Waals surface area contributed by atoms with Crippen LogP contribution in [0.1, 0.15) is 155 Å². The lowest BCUT2D eigenvalue weighted by atomic mass is 10.0. The molecule has 3 unspecified atom stereocenters. The second-order valence-corrected chi connectivity index (χ2v) is 14.2. The minimum Gasteiger partial charge on any atom is -0.391 e. The number of rotatable bonds is 35. The third-order valence-corrected chi connectivity index (χ3v) is 9.12. The van der Waals surface area contributed by atoms with Crippen molar-refractivity contribution >= 4 is 13.7 Å². The van der Waals surface area contributed by atoms with Crippen LogP contribution in [-0.2, 0) is 18.4 Å². The third kappa shape index (κ3) is 34.4. The second-order valence-electron chi connectivity index (χ2n) is 12.8. The van der Waals surface area contributed by atoms with Gasteiger partial charge in [-0.25, -0.2) is 4.57 Å². The summed E-state index contributed by atoms with van der Waals surface area (Å²) in [4.78, 5) is 22.6. The van der Waals surface area contributed by atoms with Gasteiger partial charge in [-0.1, -0.05) is 152 Å². The van der Waals surface area contributed by atoms with Crippen LogP contribution in [-0.4, -0.2) is 47.8 Å². The standard InChI is InChI=1S/C40H73N2O6P/c1-3-5-7-9-11-13-14-15-16-17-18-19-20-21-22-23-24-26-28-30-32-34-40(44)42-38(37-48-49(45,46)47-36-35-41)39(43)33-31-29-27-25-12-10-8-6-4-2/h5,7,11,13,15-16,18-19,21-22,38-39,43H,3-4,6,8-10,12,14,17,20,23-37,41H2,1-2H3,(H,42,44)(H,45,46)/b7-5-,13-11-,16-15-,19-18-,22-21-. The van der Waals surface area contributed by atoms with Crippen molar-refractivity contribution in [2.24, 2.45) is 5.73 Å². The first-order valence-electron chi connectivity index (χ1n) is 19.4. The smallest absolute Gasteiger partial charge is 0.391 e. The average Bonchev–Trinajstić information content (AvgIpc) is 3.09. The third-order valence-electron chi connectivity index (χ3n) is 8.14. The molecule has 8 nitrogen and oxygen atoms in total. The molecule has 49 heavy (non-hydrogen) atoms. The molecule has 0 aliphatic heterocycles. The predicted molar refractivity (Wildman–Crippen MR) is 207 cm³/mol. The van der Waals surface area contributed by atoms with E-state index in [0.717, 1.165) is 89.9 Å². The van der Waals surface area contributed by atoms with Gasteiger partial charge in [-0.3, -0.25) is 13.8 Å². The first-order valence-corrected chi connectivity index (χ1v) is 20.9. The highest BCUT2D eigenvalue weighted by atomic mass is 31.2. The Hall–Kier alpha value is -1.80. The molecule has 9 heteroatoms. The van der Waals surface area contributed by atoms with Gasteiger partial charge in [-0.15, -0.1) is 0 Å². The Balaban J connectivity index is 4.21. The Labute approximate surface area is 300 Å². The number of aliphatic hydroxyl groups excluding tert-OH is 1. The van der Waals surface area contributed by atoms with Gasteiger partial charge in [0, 0.05) is 13.0 Å². The van der Waals surface area contributed by atoms with Crippen LogP contribution in [0, 0.1) is 0 Å². The highest BCUT2D eigenvalue weighted by molar-refractivity contribution is 7.47. The molecule has 0 rings (SSSR count). The summed E-state index contributed by atoms with van der Waals surface area (Å²) in [5.74, 6) is -0.186. The van der Waals surface area contributed by atoms with Crippen molar-refractivity contribution in [3.8, 4) is 0 Å². The molecule has 0 aromatic heterocycles. The zero-order valence-electron chi connectivity index (χ0n) is 31.2. The van der Waals surface area contributed by atoms with Gasteiger partial charge in [0.05, 0.1) is 25.4 Å². The fraction of sp³-hybridized carbons (Fsp3) is 0.725. The molecule has 0 aromatic rings. The molecule has 0 saturated heterocycles. The molecule has 0 bridgehead atoms. The van der Waals surface area contributed by atoms with E-state index in [4.69, 9.17) is 14.8 Å². The molecular formula is C40H73N2O6P. The quantitative estimate of drug-likeness (QED) is 0.0293. The van der Waals surface area contributed by atoms with Crippen molar-refractivity contribution in [3.05, 3.63) is 60.8 Å². The fourth-order valence-electron chi connectivity index (χ4n) is 5.22. The predicted octanol–water partition coefficient (Wildman–Crippen LogP) is 10.3. The van der Waals surface area contributed by atoms with Crippen molar-refractivity contribution in [1.29, 1.82) is 0 Å². The Morgan fingerprint density at radius 1 is 0.694 bits per heavy atom. The van der Waals surface area contributed by atoms with Crippen LogP contribution < -0.4 is 11.1 Å². The zero-order valence-corrected chi connectivity index (χ0v) is 32.1. The number of unbranched alkanes of at least 4 members (excludes halogenated alkanes) is 13. The van der Waals surface area contributed by atoms with Crippen molar-refractivity contribution in [1.82, 2.24) is 5.32 Å². The number of carbonyl (C=O) groups is 1. The van der Waals surface area contributed by atoms with Crippen LogP contribution >= 0.6 is 7.82 Å². The Morgan fingerprint density at radius 2 is 1.18 bits per heavy atom. The number of amides is 1. The lowest BCUT2D eigenvalue weighted by Crippen LogP contribution is -2.46. The summed E-state index contributed by atoms with van der Waals surface area (Å²) < 4.78 is 22.0. The first-order chi connectivity index (χ1) is 23.9. The van der Waals surface area contributed by atoms with Crippen LogP contribution in [0.4, 0.5) is 0 Å². The van der Waals surface area contributed by atoms with Gasteiger partial charge in [0.15, 0.2) is 0 Å². The van der Waals surface area contributed by atoms with Crippen LogP contribution in [0.2, 0.25) is 0 Å². The summed E-state index contributed by atoms with van der Waals surface area (Å²) in [6.07, 6.45) is 43.7. The van der Waals surface area contributed by atoms with Crippen molar-refractivity contribution in [2.75, 3.05) is 19.8 Å². The molecule has 0 radical (unpaired) electrons. The molecule has 0 aliphatic carbocycles. The topological polar surface area (TPSA) is 131 Å². The number of phosphoric ester groups is 1. The molecule has 0 aliphatic rings. The number of carbonyl (C=O) groups excluding carboxylic acids is 1. The van der Waals surface area contributed by atoms with E-state index in [1.54, 1.807) is 0 Å². The van der Waals surface area contributed by atoms with Gasteiger partial charge < -0.3 is 21.1 Å². The maximum atomic E-state index is 12.7. The molecule has 0 saturated carbocycles. The number of nitrogens with two attached hydrogens (primary N) is 1. The number of hydrogen-bond acceptors (Lipinski definition) is 6. The molecule has 0 aromatic carbocycles. The molecule has 284 valence electrons. The number of aliphatic hydroxyl groups is 1. The maximum Gasteiger partial charge on any atom is 0.472 e. The SMILES string of the molecule is CC/C=C\C/C=C\C/C=C\C/C=C\C/C=C\CCCCCCCC(=O)NC(COP(=O)(O)OCCN)C(O)CCCCCCCCCCC. The van der Waals surface area contributed by atoms with Gasteiger partial charge in [0.1, 0.15) is 0 Å². The van der Waals surface area contributed by atoms with Crippen LogP contribution in [0.15, 0.2) is 60.8 Å². The Morgan fingerprint density at radius 3 is 1.73 bits per heavy atom. The second kappa shape index (κ2) is 36.0. The van der Waals surface area contributed by atoms with Gasteiger partial charge >= 0.3 is 7.82 Å². The molecule has 0 spiro atoms. The van der Waals surface area contributed by atoms with E-state index >= 15 is 0 Å². The summed E-state index contributed by atoms with van der Waals surface area (Å²) >= 11 is 0. The highest BCUT2D eigenvalue weighted by Gasteiger charge is 2.27. The molecule has 0 fully saturated rings.